The molecular weight excluding hydrogens is 310 g/mol. The molecule has 0 fully saturated rings. The molecule has 0 bridgehead atoms. The minimum atomic E-state index is 0.315. The van der Waals surface area contributed by atoms with Crippen molar-refractivity contribution >= 4 is 5.95 Å². The Morgan fingerprint density at radius 2 is 1.08 bits per heavy atom. The van der Waals surface area contributed by atoms with Crippen molar-refractivity contribution in [3.63, 3.8) is 0 Å². The Morgan fingerprint density at radius 3 is 1.52 bits per heavy atom. The lowest BCUT2D eigenvalue weighted by Gasteiger charge is -2.09. The molecule has 5 heteroatoms. The Balaban J connectivity index is 1.51. The van der Waals surface area contributed by atoms with Gasteiger partial charge in [0.1, 0.15) is 0 Å². The van der Waals surface area contributed by atoms with E-state index in [2.05, 4.69) is 44.9 Å². The molecule has 0 radical (unpaired) electrons. The van der Waals surface area contributed by atoms with Gasteiger partial charge in [0.15, 0.2) is 0 Å². The first-order valence-electron chi connectivity index (χ1n) is 8.41. The number of anilines is 1. The number of nitrogens with two attached hydrogens (primary N) is 1. The van der Waals surface area contributed by atoms with E-state index in [9.17, 15) is 0 Å². The van der Waals surface area contributed by atoms with Crippen molar-refractivity contribution in [2.45, 2.75) is 26.2 Å². The summed E-state index contributed by atoms with van der Waals surface area (Å²) in [4.78, 5) is 8.62. The van der Waals surface area contributed by atoms with Gasteiger partial charge in [0.05, 0.1) is 11.4 Å². The maximum Gasteiger partial charge on any atom is 0.220 e. The number of hydrogen-bond acceptors (Lipinski definition) is 5. The highest BCUT2D eigenvalue weighted by Gasteiger charge is 2.03. The highest BCUT2D eigenvalue weighted by molar-refractivity contribution is 5.23. The second kappa shape index (κ2) is 8.92. The van der Waals surface area contributed by atoms with Gasteiger partial charge in [-0.3, -0.25) is 0 Å². The molecule has 128 valence electrons. The molecule has 0 saturated carbocycles. The summed E-state index contributed by atoms with van der Waals surface area (Å²) in [6, 6.07) is 22.6. The smallest absolute Gasteiger partial charge is 0.220 e. The monoisotopic (exact) mass is 333 g/mol. The van der Waals surface area contributed by atoms with Crippen LogP contribution in [0.15, 0.2) is 66.7 Å². The molecule has 4 N–H and O–H groups in total. The number of nitrogen functional groups attached to an aromatic ring is 1. The van der Waals surface area contributed by atoms with Crippen LogP contribution in [0, 0.1) is 0 Å². The van der Waals surface area contributed by atoms with Crippen LogP contribution in [0.25, 0.3) is 0 Å². The van der Waals surface area contributed by atoms with Crippen LogP contribution in [0.1, 0.15) is 22.5 Å². The van der Waals surface area contributed by atoms with E-state index >= 15 is 0 Å². The molecule has 0 unspecified atom stereocenters. The van der Waals surface area contributed by atoms with Crippen LogP contribution in [-0.2, 0) is 26.2 Å². The molecule has 0 atom stereocenters. The first-order chi connectivity index (χ1) is 12.3. The summed E-state index contributed by atoms with van der Waals surface area (Å²) < 4.78 is 0. The van der Waals surface area contributed by atoms with Crippen molar-refractivity contribution < 1.29 is 0 Å². The van der Waals surface area contributed by atoms with Crippen molar-refractivity contribution in [1.29, 1.82) is 0 Å². The molecule has 1 aromatic heterocycles. The van der Waals surface area contributed by atoms with Gasteiger partial charge in [-0.05, 0) is 17.2 Å². The zero-order chi connectivity index (χ0) is 17.3. The second-order valence-electron chi connectivity index (χ2n) is 5.89. The summed E-state index contributed by atoms with van der Waals surface area (Å²) in [5.74, 6) is 0.315. The Hall–Kier alpha value is -2.76. The van der Waals surface area contributed by atoms with Crippen LogP contribution < -0.4 is 16.4 Å². The van der Waals surface area contributed by atoms with Crippen LogP contribution in [0.4, 0.5) is 5.95 Å². The fourth-order valence-electron chi connectivity index (χ4n) is 2.62. The Morgan fingerprint density at radius 1 is 0.640 bits per heavy atom. The predicted octanol–water partition coefficient (Wildman–Crippen LogP) is 2.64. The quantitative estimate of drug-likeness (QED) is 0.591. The first kappa shape index (κ1) is 17.1. The highest BCUT2D eigenvalue weighted by Crippen LogP contribution is 2.05. The Bertz CT molecular complexity index is 711. The van der Waals surface area contributed by atoms with Crippen molar-refractivity contribution in [3.8, 4) is 0 Å². The molecular formula is C20H23N5. The topological polar surface area (TPSA) is 75.9 Å². The van der Waals surface area contributed by atoms with E-state index in [4.69, 9.17) is 5.73 Å². The first-order valence-corrected chi connectivity index (χ1v) is 8.41. The van der Waals surface area contributed by atoms with Crippen molar-refractivity contribution in [3.05, 3.63) is 89.2 Å². The lowest BCUT2D eigenvalue weighted by Crippen LogP contribution is -2.17. The minimum Gasteiger partial charge on any atom is -0.368 e. The third-order valence-corrected chi connectivity index (χ3v) is 3.81. The van der Waals surface area contributed by atoms with E-state index < -0.39 is 0 Å². The Labute approximate surface area is 148 Å². The molecule has 0 aliphatic carbocycles. The van der Waals surface area contributed by atoms with E-state index in [1.807, 2.05) is 42.5 Å². The second-order valence-corrected chi connectivity index (χ2v) is 5.89. The van der Waals surface area contributed by atoms with Crippen LogP contribution in [-0.4, -0.2) is 9.97 Å². The van der Waals surface area contributed by atoms with E-state index in [0.29, 0.717) is 19.0 Å². The van der Waals surface area contributed by atoms with E-state index in [-0.39, 0.29) is 0 Å². The summed E-state index contributed by atoms with van der Waals surface area (Å²) >= 11 is 0. The molecule has 5 nitrogen and oxygen atoms in total. The van der Waals surface area contributed by atoms with Crippen LogP contribution in [0.3, 0.4) is 0 Å². The van der Waals surface area contributed by atoms with Gasteiger partial charge in [-0.2, -0.15) is 0 Å². The normalized spacial score (nSPS) is 10.7. The van der Waals surface area contributed by atoms with Crippen LogP contribution in [0.2, 0.25) is 0 Å². The number of aromatic nitrogens is 2. The van der Waals surface area contributed by atoms with Crippen molar-refractivity contribution in [2.24, 2.45) is 0 Å². The Kier molecular flexibility index (Phi) is 6.09. The molecule has 0 saturated heterocycles. The predicted molar refractivity (Wildman–Crippen MR) is 100 cm³/mol. The van der Waals surface area contributed by atoms with Gasteiger partial charge < -0.3 is 16.4 Å². The summed E-state index contributed by atoms with van der Waals surface area (Å²) in [5, 5.41) is 6.78. The summed E-state index contributed by atoms with van der Waals surface area (Å²) in [7, 11) is 0. The number of benzene rings is 2. The average molecular weight is 333 g/mol. The maximum atomic E-state index is 5.85. The number of nitrogens with one attached hydrogen (secondary N) is 2. The molecule has 1 heterocycles. The molecule has 3 rings (SSSR count). The van der Waals surface area contributed by atoms with Crippen LogP contribution in [0.5, 0.6) is 0 Å². The van der Waals surface area contributed by atoms with Crippen molar-refractivity contribution in [2.75, 3.05) is 5.73 Å². The van der Waals surface area contributed by atoms with Crippen LogP contribution >= 0.6 is 0 Å². The lowest BCUT2D eigenvalue weighted by molar-refractivity contribution is 0.660. The fraction of sp³-hybridized carbons (Fsp3) is 0.200. The number of rotatable bonds is 8. The fourth-order valence-corrected chi connectivity index (χ4v) is 2.62. The van der Waals surface area contributed by atoms with Gasteiger partial charge in [-0.1, -0.05) is 60.7 Å². The molecule has 0 aliphatic rings. The molecule has 2 aromatic carbocycles. The molecule has 3 aromatic rings. The van der Waals surface area contributed by atoms with Gasteiger partial charge in [0.25, 0.3) is 0 Å². The van der Waals surface area contributed by atoms with Gasteiger partial charge in [0.2, 0.25) is 5.95 Å². The minimum absolute atomic E-state index is 0.315. The molecule has 0 amide bonds. The standard InChI is InChI=1S/C20H23N5/c21-20-24-18(14-22-12-16-7-3-1-4-8-16)11-19(25-20)15-23-13-17-9-5-2-6-10-17/h1-11,22-23H,12-15H2,(H2,21,24,25). The SMILES string of the molecule is Nc1nc(CNCc2ccccc2)cc(CNCc2ccccc2)n1. The average Bonchev–Trinajstić information content (AvgIpc) is 2.63. The summed E-state index contributed by atoms with van der Waals surface area (Å²) in [5.41, 5.74) is 10.1. The molecule has 0 spiro atoms. The largest absolute Gasteiger partial charge is 0.368 e. The zero-order valence-corrected chi connectivity index (χ0v) is 14.2. The lowest BCUT2D eigenvalue weighted by atomic mass is 10.2. The van der Waals surface area contributed by atoms with E-state index in [1.54, 1.807) is 0 Å². The number of nitrogens with zero attached hydrogens (tertiary/aromatic N) is 2. The van der Waals surface area contributed by atoms with Crippen molar-refractivity contribution in [1.82, 2.24) is 20.6 Å². The van der Waals surface area contributed by atoms with Gasteiger partial charge in [-0.25, -0.2) is 9.97 Å². The van der Waals surface area contributed by atoms with Gasteiger partial charge in [-0.15, -0.1) is 0 Å². The molecule has 25 heavy (non-hydrogen) atoms. The van der Waals surface area contributed by atoms with E-state index in [1.165, 1.54) is 11.1 Å². The summed E-state index contributed by atoms with van der Waals surface area (Å²) in [6.07, 6.45) is 0. The summed E-state index contributed by atoms with van der Waals surface area (Å²) in [6.45, 7) is 2.92. The van der Waals surface area contributed by atoms with Gasteiger partial charge in [0, 0.05) is 26.2 Å². The molecule has 0 aliphatic heterocycles. The van der Waals surface area contributed by atoms with E-state index in [0.717, 1.165) is 24.5 Å². The highest BCUT2D eigenvalue weighted by atomic mass is 15.0. The zero-order valence-electron chi connectivity index (χ0n) is 14.2. The number of hydrogen-bond donors (Lipinski definition) is 3. The third kappa shape index (κ3) is 5.67. The van der Waals surface area contributed by atoms with Gasteiger partial charge >= 0.3 is 0 Å². The maximum absolute atomic E-state index is 5.85. The third-order valence-electron chi connectivity index (χ3n) is 3.81.